The predicted octanol–water partition coefficient (Wildman–Crippen LogP) is 0.291. The van der Waals surface area contributed by atoms with Gasteiger partial charge < -0.3 is 10.2 Å². The summed E-state index contributed by atoms with van der Waals surface area (Å²) < 4.78 is 0. The molecule has 0 spiro atoms. The summed E-state index contributed by atoms with van der Waals surface area (Å²) in [7, 11) is 0. The monoisotopic (exact) mass is 194 g/mol. The van der Waals surface area contributed by atoms with Crippen molar-refractivity contribution >= 4 is 0 Å². The molecule has 0 aliphatic heterocycles. The van der Waals surface area contributed by atoms with Gasteiger partial charge in [-0.3, -0.25) is 0 Å². The van der Waals surface area contributed by atoms with Crippen LogP contribution in [0.1, 0.15) is 39.5 Å². The van der Waals surface area contributed by atoms with Gasteiger partial charge in [-0.05, 0) is 0 Å². The van der Waals surface area contributed by atoms with Crippen LogP contribution in [0.3, 0.4) is 0 Å². The fourth-order valence-electron chi connectivity index (χ4n) is 0.289. The standard InChI is InChI=1S/2C4H9O.Ti/c2*1-2-3-4-5;/h2*2-4H2,1H3;/q2*-1;+2. The second-order valence-electron chi connectivity index (χ2n) is 2.12. The van der Waals surface area contributed by atoms with Crippen LogP contribution in [-0.4, -0.2) is 13.2 Å². The molecule has 0 bridgehead atoms. The van der Waals surface area contributed by atoms with E-state index >= 15 is 0 Å². The van der Waals surface area contributed by atoms with Crippen molar-refractivity contribution in [2.75, 3.05) is 13.2 Å². The summed E-state index contributed by atoms with van der Waals surface area (Å²) in [6, 6.07) is 0. The molecule has 0 aromatic carbocycles. The Labute approximate surface area is 84.9 Å². The molecule has 0 saturated heterocycles. The molecule has 0 atom stereocenters. The van der Waals surface area contributed by atoms with E-state index in [2.05, 4.69) is 0 Å². The molecule has 0 radical (unpaired) electrons. The molecule has 0 unspecified atom stereocenters. The van der Waals surface area contributed by atoms with Gasteiger partial charge in [0.25, 0.3) is 0 Å². The maximum atomic E-state index is 9.53. The number of hydrogen-bond acceptors (Lipinski definition) is 2. The normalized spacial score (nSPS) is 7.64. The molecular weight excluding hydrogens is 176 g/mol. The van der Waals surface area contributed by atoms with Crippen LogP contribution >= 0.6 is 0 Å². The topological polar surface area (TPSA) is 46.1 Å². The molecule has 0 aliphatic rings. The minimum absolute atomic E-state index is 0. The smallest absolute Gasteiger partial charge is 0.854 e. The number of hydrogen-bond donors (Lipinski definition) is 0. The number of unbranched alkanes of at least 4 members (excludes halogenated alkanes) is 2. The Morgan fingerprint density at radius 3 is 1.09 bits per heavy atom. The fraction of sp³-hybridized carbons (Fsp3) is 1.00. The SMILES string of the molecule is CCCC[O-].CCCC[O-].[Ti+2]. The predicted molar refractivity (Wildman–Crippen MR) is 39.6 cm³/mol. The van der Waals surface area contributed by atoms with Gasteiger partial charge in [-0.2, -0.15) is 0 Å². The van der Waals surface area contributed by atoms with Crippen LogP contribution in [0.5, 0.6) is 0 Å². The van der Waals surface area contributed by atoms with Crippen LogP contribution in [0.2, 0.25) is 0 Å². The van der Waals surface area contributed by atoms with Gasteiger partial charge in [0.1, 0.15) is 0 Å². The zero-order chi connectivity index (χ0) is 8.24. The molecule has 0 aromatic rings. The summed E-state index contributed by atoms with van der Waals surface area (Å²) in [5.41, 5.74) is 0. The summed E-state index contributed by atoms with van der Waals surface area (Å²) in [6.45, 7) is 4.21. The van der Waals surface area contributed by atoms with Crippen molar-refractivity contribution in [3.8, 4) is 0 Å². The fourth-order valence-corrected chi connectivity index (χ4v) is 0.289. The molecule has 0 fully saturated rings. The zero-order valence-corrected chi connectivity index (χ0v) is 9.12. The van der Waals surface area contributed by atoms with Crippen LogP contribution < -0.4 is 10.2 Å². The molecule has 0 rings (SSSR count). The minimum Gasteiger partial charge on any atom is -0.854 e. The van der Waals surface area contributed by atoms with Gasteiger partial charge in [-0.15, -0.1) is 13.2 Å². The first-order valence-electron chi connectivity index (χ1n) is 3.99. The van der Waals surface area contributed by atoms with Gasteiger partial charge >= 0.3 is 21.7 Å². The van der Waals surface area contributed by atoms with Gasteiger partial charge in [0.05, 0.1) is 0 Å². The Morgan fingerprint density at radius 1 is 0.818 bits per heavy atom. The van der Waals surface area contributed by atoms with Crippen molar-refractivity contribution < 1.29 is 31.9 Å². The Kier molecular flexibility index (Phi) is 36.0. The van der Waals surface area contributed by atoms with E-state index in [1.807, 2.05) is 13.8 Å². The second-order valence-corrected chi connectivity index (χ2v) is 2.12. The first-order chi connectivity index (χ1) is 4.83. The van der Waals surface area contributed by atoms with E-state index < -0.39 is 0 Å². The van der Waals surface area contributed by atoms with Gasteiger partial charge in [-0.1, -0.05) is 39.5 Å². The molecule has 0 amide bonds. The largest absolute Gasteiger partial charge is 2.00 e. The first-order valence-corrected chi connectivity index (χ1v) is 3.99. The van der Waals surface area contributed by atoms with E-state index in [9.17, 15) is 10.2 Å². The van der Waals surface area contributed by atoms with Crippen LogP contribution in [-0.2, 0) is 21.7 Å². The van der Waals surface area contributed by atoms with Crippen molar-refractivity contribution in [1.29, 1.82) is 0 Å². The van der Waals surface area contributed by atoms with Crippen molar-refractivity contribution in [3.63, 3.8) is 0 Å². The Bertz CT molecular complexity index is 33.1. The van der Waals surface area contributed by atoms with E-state index in [-0.39, 0.29) is 34.9 Å². The zero-order valence-electron chi connectivity index (χ0n) is 7.56. The second kappa shape index (κ2) is 22.4. The van der Waals surface area contributed by atoms with E-state index in [4.69, 9.17) is 0 Å². The van der Waals surface area contributed by atoms with Gasteiger partial charge in [0.2, 0.25) is 0 Å². The molecule has 2 nitrogen and oxygen atoms in total. The molecule has 66 valence electrons. The summed E-state index contributed by atoms with van der Waals surface area (Å²) >= 11 is 0. The molecule has 3 heteroatoms. The molecular formula is C8H18O2Ti. The van der Waals surface area contributed by atoms with Crippen molar-refractivity contribution in [3.05, 3.63) is 0 Å². The first kappa shape index (κ1) is 17.6. The van der Waals surface area contributed by atoms with Crippen LogP contribution in [0, 0.1) is 0 Å². The van der Waals surface area contributed by atoms with Crippen LogP contribution in [0.4, 0.5) is 0 Å². The van der Waals surface area contributed by atoms with Crippen LogP contribution in [0.25, 0.3) is 0 Å². The summed E-state index contributed by atoms with van der Waals surface area (Å²) in [4.78, 5) is 0. The maximum absolute atomic E-state index is 9.53. The quantitative estimate of drug-likeness (QED) is 0.604. The average Bonchev–Trinajstić information content (AvgIpc) is 1.93. The van der Waals surface area contributed by atoms with Crippen molar-refractivity contribution in [1.82, 2.24) is 0 Å². The van der Waals surface area contributed by atoms with Crippen molar-refractivity contribution in [2.24, 2.45) is 0 Å². The third-order valence-corrected chi connectivity index (χ3v) is 0.996. The van der Waals surface area contributed by atoms with Crippen molar-refractivity contribution in [2.45, 2.75) is 39.5 Å². The molecule has 0 aromatic heterocycles. The number of rotatable bonds is 4. The Morgan fingerprint density at radius 2 is 1.09 bits per heavy atom. The molecule has 0 saturated carbocycles. The molecule has 11 heavy (non-hydrogen) atoms. The summed E-state index contributed by atoms with van der Waals surface area (Å²) in [5, 5.41) is 19.1. The van der Waals surface area contributed by atoms with E-state index in [0.717, 1.165) is 25.7 Å². The minimum atomic E-state index is 0. The molecule has 0 aliphatic carbocycles. The molecule has 0 heterocycles. The average molecular weight is 194 g/mol. The third kappa shape index (κ3) is 36.9. The van der Waals surface area contributed by atoms with Gasteiger partial charge in [0, 0.05) is 0 Å². The Hall–Kier alpha value is 0.634. The maximum Gasteiger partial charge on any atom is 2.00 e. The van der Waals surface area contributed by atoms with E-state index in [1.54, 1.807) is 0 Å². The van der Waals surface area contributed by atoms with E-state index in [1.165, 1.54) is 0 Å². The van der Waals surface area contributed by atoms with Crippen LogP contribution in [0.15, 0.2) is 0 Å². The summed E-state index contributed by atoms with van der Waals surface area (Å²) in [5.74, 6) is 0. The third-order valence-electron chi connectivity index (χ3n) is 0.996. The Balaban J connectivity index is -0.000000107. The van der Waals surface area contributed by atoms with Gasteiger partial charge in [-0.25, -0.2) is 0 Å². The van der Waals surface area contributed by atoms with Gasteiger partial charge in [0.15, 0.2) is 0 Å². The summed E-state index contributed by atoms with van der Waals surface area (Å²) in [6.07, 6.45) is 3.73. The molecule has 0 N–H and O–H groups in total. The van der Waals surface area contributed by atoms with E-state index in [0.29, 0.717) is 0 Å².